The molecule has 27 heavy (non-hydrogen) atoms. The highest BCUT2D eigenvalue weighted by molar-refractivity contribution is 5.11. The molecule has 0 aliphatic heterocycles. The molecule has 1 aliphatic carbocycles. The smallest absolute Gasteiger partial charge is 0.363 e. The summed E-state index contributed by atoms with van der Waals surface area (Å²) in [5.74, 6) is -16.0. The van der Waals surface area contributed by atoms with Crippen LogP contribution in [0.25, 0.3) is 0 Å². The van der Waals surface area contributed by atoms with Crippen molar-refractivity contribution in [3.05, 3.63) is 0 Å². The third-order valence-electron chi connectivity index (χ3n) is 3.11. The Morgan fingerprint density at radius 1 is 0.667 bits per heavy atom. The molecule has 16 heteroatoms. The number of hydrogen-bond donors (Lipinski definition) is 0. The van der Waals surface area contributed by atoms with Crippen LogP contribution in [0.15, 0.2) is 0 Å². The molecule has 1 unspecified atom stereocenters. The minimum Gasteiger partial charge on any atom is -0.363 e. The van der Waals surface area contributed by atoms with Crippen molar-refractivity contribution in [1.82, 2.24) is 0 Å². The molecule has 0 aromatic heterocycles. The van der Waals surface area contributed by atoms with Crippen LogP contribution in [0.4, 0.5) is 57.1 Å². The van der Waals surface area contributed by atoms with Gasteiger partial charge in [-0.15, -0.1) is 0 Å². The molecule has 0 bridgehead atoms. The molecule has 0 aromatic carbocycles. The standard InChI is InChI=1S/C11H9F13O3/c12-6(13)1-5(25-2-7(14,15)16)10(11(6,23)24,26-3-8(17,18)19)27-4-9(20,21)22/h5H,1-4H2. The highest BCUT2D eigenvalue weighted by Gasteiger charge is 2.81. The average molecular weight is 436 g/mol. The highest BCUT2D eigenvalue weighted by atomic mass is 19.4. The third-order valence-corrected chi connectivity index (χ3v) is 3.11. The van der Waals surface area contributed by atoms with Gasteiger partial charge >= 0.3 is 30.4 Å². The van der Waals surface area contributed by atoms with Crippen molar-refractivity contribution in [3.8, 4) is 0 Å². The molecule has 0 spiro atoms. The summed E-state index contributed by atoms with van der Waals surface area (Å²) < 4.78 is 176. The maximum Gasteiger partial charge on any atom is 0.411 e. The minimum absolute atomic E-state index is 2.38. The molecule has 162 valence electrons. The van der Waals surface area contributed by atoms with Crippen LogP contribution in [0, 0.1) is 0 Å². The number of hydrogen-bond acceptors (Lipinski definition) is 3. The summed E-state index contributed by atoms with van der Waals surface area (Å²) in [6, 6.07) is 0. The highest BCUT2D eigenvalue weighted by Crippen LogP contribution is 2.57. The second kappa shape index (κ2) is 7.09. The summed E-state index contributed by atoms with van der Waals surface area (Å²) >= 11 is 0. The van der Waals surface area contributed by atoms with E-state index in [1.807, 2.05) is 0 Å². The quantitative estimate of drug-likeness (QED) is 0.455. The van der Waals surface area contributed by atoms with Crippen LogP contribution in [0.5, 0.6) is 0 Å². The van der Waals surface area contributed by atoms with Crippen LogP contribution in [0.2, 0.25) is 0 Å². The fraction of sp³-hybridized carbons (Fsp3) is 1.00. The van der Waals surface area contributed by atoms with Crippen LogP contribution < -0.4 is 0 Å². The van der Waals surface area contributed by atoms with Crippen LogP contribution >= 0.6 is 0 Å². The summed E-state index contributed by atoms with van der Waals surface area (Å²) in [5.41, 5.74) is 0. The van der Waals surface area contributed by atoms with E-state index < -0.39 is 68.5 Å². The summed E-state index contributed by atoms with van der Waals surface area (Å²) in [4.78, 5) is 0. The van der Waals surface area contributed by atoms with E-state index in [2.05, 4.69) is 14.2 Å². The molecule has 0 saturated heterocycles. The van der Waals surface area contributed by atoms with E-state index >= 15 is 0 Å². The topological polar surface area (TPSA) is 27.7 Å². The first-order chi connectivity index (χ1) is 11.7. The summed E-state index contributed by atoms with van der Waals surface area (Å²) in [5, 5.41) is 0. The average Bonchev–Trinajstić information content (AvgIpc) is 2.54. The van der Waals surface area contributed by atoms with Crippen molar-refractivity contribution in [1.29, 1.82) is 0 Å². The molecule has 0 aromatic rings. The van der Waals surface area contributed by atoms with Crippen molar-refractivity contribution in [3.63, 3.8) is 0 Å². The van der Waals surface area contributed by atoms with Gasteiger partial charge in [-0.05, 0) is 0 Å². The van der Waals surface area contributed by atoms with Gasteiger partial charge in [-0.2, -0.15) is 57.1 Å². The lowest BCUT2D eigenvalue weighted by Gasteiger charge is -2.39. The zero-order valence-corrected chi connectivity index (χ0v) is 12.5. The van der Waals surface area contributed by atoms with E-state index in [0.29, 0.717) is 0 Å². The summed E-state index contributed by atoms with van der Waals surface area (Å²) in [6.07, 6.45) is -22.0. The van der Waals surface area contributed by atoms with Gasteiger partial charge < -0.3 is 14.2 Å². The Morgan fingerprint density at radius 3 is 1.37 bits per heavy atom. The Labute approximate surface area is 141 Å². The first-order valence-electron chi connectivity index (χ1n) is 6.58. The zero-order valence-electron chi connectivity index (χ0n) is 12.5. The van der Waals surface area contributed by atoms with Gasteiger partial charge in [0.1, 0.15) is 25.9 Å². The number of halogens is 13. The van der Waals surface area contributed by atoms with E-state index in [-0.39, 0.29) is 0 Å². The maximum atomic E-state index is 14.0. The Bertz CT molecular complexity index is 489. The summed E-state index contributed by atoms with van der Waals surface area (Å²) in [7, 11) is 0. The maximum absolute atomic E-state index is 14.0. The fourth-order valence-electron chi connectivity index (χ4n) is 2.10. The van der Waals surface area contributed by atoms with Crippen LogP contribution in [0.1, 0.15) is 6.42 Å². The first kappa shape index (κ1) is 24.0. The molecule has 1 aliphatic rings. The van der Waals surface area contributed by atoms with E-state index in [9.17, 15) is 57.1 Å². The second-order valence-electron chi connectivity index (χ2n) is 5.37. The molecule has 3 nitrogen and oxygen atoms in total. The van der Waals surface area contributed by atoms with Gasteiger partial charge in [-0.1, -0.05) is 0 Å². The van der Waals surface area contributed by atoms with Gasteiger partial charge in [0.15, 0.2) is 0 Å². The van der Waals surface area contributed by atoms with E-state index in [4.69, 9.17) is 0 Å². The second-order valence-corrected chi connectivity index (χ2v) is 5.37. The van der Waals surface area contributed by atoms with E-state index in [1.165, 1.54) is 0 Å². The number of rotatable bonds is 6. The number of alkyl halides is 13. The normalized spacial score (nSPS) is 25.0. The van der Waals surface area contributed by atoms with Gasteiger partial charge in [0.25, 0.3) is 5.79 Å². The van der Waals surface area contributed by atoms with E-state index in [1.54, 1.807) is 0 Å². The van der Waals surface area contributed by atoms with Gasteiger partial charge in [-0.25, -0.2) is 0 Å². The lowest BCUT2D eigenvalue weighted by molar-refractivity contribution is -0.406. The van der Waals surface area contributed by atoms with Gasteiger partial charge in [-0.3, -0.25) is 0 Å². The monoisotopic (exact) mass is 436 g/mol. The zero-order chi connectivity index (χ0) is 21.5. The predicted octanol–water partition coefficient (Wildman–Crippen LogP) is 4.46. The predicted molar refractivity (Wildman–Crippen MR) is 57.1 cm³/mol. The lowest BCUT2D eigenvalue weighted by Crippen LogP contribution is -2.61. The summed E-state index contributed by atoms with van der Waals surface area (Å²) in [6.45, 7) is -8.17. The van der Waals surface area contributed by atoms with Crippen molar-refractivity contribution in [2.75, 3.05) is 19.8 Å². The molecule has 1 atom stereocenters. The van der Waals surface area contributed by atoms with Gasteiger partial charge in [0.05, 0.1) is 0 Å². The molecule has 1 rings (SSSR count). The first-order valence-corrected chi connectivity index (χ1v) is 6.58. The van der Waals surface area contributed by atoms with Crippen molar-refractivity contribution in [2.24, 2.45) is 0 Å². The van der Waals surface area contributed by atoms with Crippen LogP contribution in [-0.2, 0) is 14.2 Å². The van der Waals surface area contributed by atoms with Gasteiger partial charge in [0.2, 0.25) is 0 Å². The lowest BCUT2D eigenvalue weighted by atomic mass is 10.1. The molecular weight excluding hydrogens is 427 g/mol. The molecular formula is C11H9F13O3. The number of ether oxygens (including phenoxy) is 3. The minimum atomic E-state index is -5.88. The fourth-order valence-corrected chi connectivity index (χ4v) is 2.10. The Kier molecular flexibility index (Phi) is 6.31. The largest absolute Gasteiger partial charge is 0.411 e. The van der Waals surface area contributed by atoms with Crippen LogP contribution in [0.3, 0.4) is 0 Å². The Hall–Kier alpha value is -1.03. The Morgan fingerprint density at radius 2 is 1.04 bits per heavy atom. The van der Waals surface area contributed by atoms with Crippen molar-refractivity contribution in [2.45, 2.75) is 48.7 Å². The van der Waals surface area contributed by atoms with Crippen LogP contribution in [-0.4, -0.2) is 62.1 Å². The third kappa shape index (κ3) is 5.73. The van der Waals surface area contributed by atoms with Gasteiger partial charge in [0, 0.05) is 6.42 Å². The molecule has 0 N–H and O–H groups in total. The molecule has 0 amide bonds. The molecule has 1 fully saturated rings. The van der Waals surface area contributed by atoms with Crippen molar-refractivity contribution >= 4 is 0 Å². The molecule has 1 saturated carbocycles. The SMILES string of the molecule is FC(F)(F)COC1CC(F)(F)C(F)(F)C1(OCC(F)(F)F)OCC(F)(F)F. The Balaban J connectivity index is 3.32. The van der Waals surface area contributed by atoms with E-state index in [0.717, 1.165) is 0 Å². The molecule has 0 radical (unpaired) electrons. The van der Waals surface area contributed by atoms with Crippen molar-refractivity contribution < 1.29 is 71.3 Å². The molecule has 0 heterocycles.